The molecule has 7 heteroatoms. The lowest BCUT2D eigenvalue weighted by molar-refractivity contribution is 0.319. The van der Waals surface area contributed by atoms with E-state index in [4.69, 9.17) is 9.47 Å². The zero-order valence-corrected chi connectivity index (χ0v) is 18.8. The van der Waals surface area contributed by atoms with Gasteiger partial charge in [0, 0.05) is 51.0 Å². The number of rotatable bonds is 7. The fourth-order valence-corrected chi connectivity index (χ4v) is 3.50. The van der Waals surface area contributed by atoms with E-state index in [1.165, 1.54) is 0 Å². The molecule has 0 radical (unpaired) electrons. The van der Waals surface area contributed by atoms with Gasteiger partial charge in [-0.3, -0.25) is 4.79 Å². The molecule has 0 bridgehead atoms. The van der Waals surface area contributed by atoms with Gasteiger partial charge in [-0.2, -0.15) is 0 Å². The normalized spacial score (nSPS) is 11.2. The van der Waals surface area contributed by atoms with Crippen LogP contribution < -0.4 is 19.9 Å². The maximum atomic E-state index is 12.7. The minimum Gasteiger partial charge on any atom is -0.496 e. The van der Waals surface area contributed by atoms with Crippen LogP contribution in [0.4, 0.5) is 5.82 Å². The third-order valence-electron chi connectivity index (χ3n) is 5.40. The largest absolute Gasteiger partial charge is 0.496 e. The molecular weight excluding hydrogens is 380 g/mol. The molecule has 3 aromatic rings. The Morgan fingerprint density at radius 2 is 1.67 bits per heavy atom. The number of anilines is 1. The molecule has 0 unspecified atom stereocenters. The Bertz CT molecular complexity index is 1100. The smallest absolute Gasteiger partial charge is 0.259 e. The van der Waals surface area contributed by atoms with E-state index in [0.29, 0.717) is 11.9 Å². The molecule has 160 valence electrons. The van der Waals surface area contributed by atoms with E-state index in [1.54, 1.807) is 32.0 Å². The van der Waals surface area contributed by atoms with E-state index < -0.39 is 0 Å². The van der Waals surface area contributed by atoms with Gasteiger partial charge in [-0.15, -0.1) is 0 Å². The maximum absolute atomic E-state index is 12.7. The Balaban J connectivity index is 2.30. The second kappa shape index (κ2) is 8.75. The number of ether oxygens (including phenoxy) is 2. The van der Waals surface area contributed by atoms with Crippen LogP contribution in [-0.4, -0.2) is 56.4 Å². The van der Waals surface area contributed by atoms with Gasteiger partial charge in [0.05, 0.1) is 25.2 Å². The van der Waals surface area contributed by atoms with Crippen molar-refractivity contribution in [3.8, 4) is 22.6 Å². The van der Waals surface area contributed by atoms with E-state index >= 15 is 0 Å². The van der Waals surface area contributed by atoms with Crippen LogP contribution in [0.5, 0.6) is 11.5 Å². The third-order valence-corrected chi connectivity index (χ3v) is 5.40. The minimum absolute atomic E-state index is 0.0772. The number of nitrogens with zero attached hydrogens (tertiary/aromatic N) is 4. The first kappa shape index (κ1) is 21.6. The van der Waals surface area contributed by atoms with Crippen molar-refractivity contribution in [3.63, 3.8) is 0 Å². The second-order valence-electron chi connectivity index (χ2n) is 7.63. The number of hydrogen-bond donors (Lipinski definition) is 0. The molecule has 0 saturated heterocycles. The summed E-state index contributed by atoms with van der Waals surface area (Å²) in [6, 6.07) is 5.97. The molecule has 0 aliphatic carbocycles. The highest BCUT2D eigenvalue weighted by atomic mass is 16.5. The molecular formula is C23H30N4O3. The van der Waals surface area contributed by atoms with Gasteiger partial charge >= 0.3 is 0 Å². The number of benzene rings is 1. The van der Waals surface area contributed by atoms with Crippen LogP contribution in [0.25, 0.3) is 21.9 Å². The van der Waals surface area contributed by atoms with Crippen LogP contribution in [0.15, 0.2) is 35.4 Å². The lowest BCUT2D eigenvalue weighted by Crippen LogP contribution is -2.18. The maximum Gasteiger partial charge on any atom is 0.259 e. The predicted octanol–water partition coefficient (Wildman–Crippen LogP) is 3.14. The number of fused-ring (bicyclic) bond motifs is 1. The molecule has 2 aromatic heterocycles. The number of pyridine rings is 2. The Hall–Kier alpha value is -3.06. The molecule has 0 fully saturated rings. The molecule has 3 rings (SSSR count). The Morgan fingerprint density at radius 3 is 2.20 bits per heavy atom. The van der Waals surface area contributed by atoms with Crippen molar-refractivity contribution in [2.45, 2.75) is 13.5 Å². The van der Waals surface area contributed by atoms with Gasteiger partial charge in [0.2, 0.25) is 0 Å². The highest BCUT2D eigenvalue weighted by Gasteiger charge is 2.18. The summed E-state index contributed by atoms with van der Waals surface area (Å²) >= 11 is 0. The van der Waals surface area contributed by atoms with Crippen molar-refractivity contribution in [2.75, 3.05) is 46.8 Å². The summed E-state index contributed by atoms with van der Waals surface area (Å²) in [5, 5.41) is 1.42. The molecule has 7 nitrogen and oxygen atoms in total. The Kier molecular flexibility index (Phi) is 6.31. The lowest BCUT2D eigenvalue weighted by Gasteiger charge is -2.21. The molecule has 0 N–H and O–H groups in total. The van der Waals surface area contributed by atoms with Gasteiger partial charge in [0.1, 0.15) is 17.3 Å². The van der Waals surface area contributed by atoms with E-state index in [-0.39, 0.29) is 5.56 Å². The molecule has 0 aliphatic heterocycles. The zero-order valence-electron chi connectivity index (χ0n) is 18.8. The van der Waals surface area contributed by atoms with Gasteiger partial charge in [0.15, 0.2) is 0 Å². The van der Waals surface area contributed by atoms with Gasteiger partial charge in [0.25, 0.3) is 5.56 Å². The van der Waals surface area contributed by atoms with E-state index in [0.717, 1.165) is 45.9 Å². The molecule has 0 spiro atoms. The Morgan fingerprint density at radius 1 is 1.03 bits per heavy atom. The number of hydrogen-bond acceptors (Lipinski definition) is 6. The standard InChI is InChI=1S/C23H30N4O3/c1-8-26(4)13-19-20(29-6)9-15(10-21(19)30-7)18-14-27(5)23(28)17-12-24-22(25(2)3)11-16(17)18/h9-12,14H,8,13H2,1-7H3. The van der Waals surface area contributed by atoms with Gasteiger partial charge < -0.3 is 23.8 Å². The van der Waals surface area contributed by atoms with Crippen molar-refractivity contribution in [3.05, 3.63) is 46.5 Å². The molecule has 2 heterocycles. The van der Waals surface area contributed by atoms with Crippen molar-refractivity contribution in [2.24, 2.45) is 7.05 Å². The average Bonchev–Trinajstić information content (AvgIpc) is 2.75. The first-order valence-corrected chi connectivity index (χ1v) is 9.91. The van der Waals surface area contributed by atoms with Crippen molar-refractivity contribution < 1.29 is 9.47 Å². The van der Waals surface area contributed by atoms with E-state index in [9.17, 15) is 4.79 Å². The van der Waals surface area contributed by atoms with Gasteiger partial charge in [-0.1, -0.05) is 6.92 Å². The molecule has 0 amide bonds. The third kappa shape index (κ3) is 3.98. The summed E-state index contributed by atoms with van der Waals surface area (Å²) in [4.78, 5) is 21.2. The van der Waals surface area contributed by atoms with E-state index in [2.05, 4.69) is 23.9 Å². The quantitative estimate of drug-likeness (QED) is 0.596. The van der Waals surface area contributed by atoms with Crippen LogP contribution in [0, 0.1) is 0 Å². The lowest BCUT2D eigenvalue weighted by atomic mass is 9.98. The summed E-state index contributed by atoms with van der Waals surface area (Å²) in [6.07, 6.45) is 3.51. The van der Waals surface area contributed by atoms with E-state index in [1.807, 2.05) is 43.4 Å². The fraction of sp³-hybridized carbons (Fsp3) is 0.391. The van der Waals surface area contributed by atoms with Crippen LogP contribution in [0.2, 0.25) is 0 Å². The summed E-state index contributed by atoms with van der Waals surface area (Å²) < 4.78 is 13.0. The number of methoxy groups -OCH3 is 2. The van der Waals surface area contributed by atoms with Gasteiger partial charge in [-0.25, -0.2) is 4.98 Å². The molecule has 30 heavy (non-hydrogen) atoms. The molecule has 0 atom stereocenters. The minimum atomic E-state index is -0.0772. The van der Waals surface area contributed by atoms with Crippen LogP contribution >= 0.6 is 0 Å². The summed E-state index contributed by atoms with van der Waals surface area (Å²) in [7, 11) is 11.0. The molecule has 0 saturated carbocycles. The topological polar surface area (TPSA) is 59.8 Å². The monoisotopic (exact) mass is 410 g/mol. The number of aryl methyl sites for hydroxylation is 1. The highest BCUT2D eigenvalue weighted by Crippen LogP contribution is 2.38. The summed E-state index contributed by atoms with van der Waals surface area (Å²) in [6.45, 7) is 3.74. The first-order valence-electron chi connectivity index (χ1n) is 9.91. The fourth-order valence-electron chi connectivity index (χ4n) is 3.50. The summed E-state index contributed by atoms with van der Waals surface area (Å²) in [5.41, 5.74) is 2.76. The van der Waals surface area contributed by atoms with Crippen molar-refractivity contribution >= 4 is 16.6 Å². The SMILES string of the molecule is CCN(C)Cc1c(OC)cc(-c2cn(C)c(=O)c3cnc(N(C)C)cc23)cc1OC. The van der Waals surface area contributed by atoms with Crippen LogP contribution in [0.1, 0.15) is 12.5 Å². The zero-order chi connectivity index (χ0) is 22.0. The van der Waals surface area contributed by atoms with Crippen LogP contribution in [0.3, 0.4) is 0 Å². The summed E-state index contributed by atoms with van der Waals surface area (Å²) in [5.74, 6) is 2.30. The first-order chi connectivity index (χ1) is 14.3. The molecule has 1 aromatic carbocycles. The predicted molar refractivity (Wildman–Crippen MR) is 122 cm³/mol. The number of aromatic nitrogens is 2. The van der Waals surface area contributed by atoms with Crippen molar-refractivity contribution in [1.82, 2.24) is 14.5 Å². The van der Waals surface area contributed by atoms with Crippen LogP contribution in [-0.2, 0) is 13.6 Å². The highest BCUT2D eigenvalue weighted by molar-refractivity contribution is 5.97. The Labute approximate surface area is 177 Å². The van der Waals surface area contributed by atoms with Gasteiger partial charge in [-0.05, 0) is 37.4 Å². The molecule has 0 aliphatic rings. The second-order valence-corrected chi connectivity index (χ2v) is 7.63. The average molecular weight is 411 g/mol. The van der Waals surface area contributed by atoms with Crippen molar-refractivity contribution in [1.29, 1.82) is 0 Å².